The molecule has 0 saturated carbocycles. The van der Waals surface area contributed by atoms with Gasteiger partial charge >= 0.3 is 0 Å². The first-order valence-electron chi connectivity index (χ1n) is 8.04. The number of nitriles is 1. The Hall–Kier alpha value is -3.66. The number of benzene rings is 2. The van der Waals surface area contributed by atoms with Gasteiger partial charge in [-0.1, -0.05) is 42.5 Å². The van der Waals surface area contributed by atoms with Crippen LogP contribution in [0.5, 0.6) is 0 Å². The third kappa shape index (κ3) is 5.46. The maximum atomic E-state index is 12.1. The number of nitro benzene ring substituents is 1. The number of carbonyl (C=O) groups excluding carboxylic acids is 1. The van der Waals surface area contributed by atoms with Gasteiger partial charge in [0.2, 0.25) is 0 Å². The highest BCUT2D eigenvalue weighted by Crippen LogP contribution is 2.23. The van der Waals surface area contributed by atoms with Gasteiger partial charge in [-0.2, -0.15) is 5.26 Å². The summed E-state index contributed by atoms with van der Waals surface area (Å²) >= 11 is 0. The van der Waals surface area contributed by atoms with Crippen molar-refractivity contribution >= 4 is 17.3 Å². The van der Waals surface area contributed by atoms with Crippen LogP contribution in [0.2, 0.25) is 0 Å². The van der Waals surface area contributed by atoms with E-state index in [1.54, 1.807) is 12.1 Å². The number of hydrogen-bond donors (Lipinski definition) is 2. The fourth-order valence-electron chi connectivity index (χ4n) is 2.29. The molecule has 0 aliphatic heterocycles. The number of anilines is 1. The molecule has 0 fully saturated rings. The van der Waals surface area contributed by atoms with Crippen molar-refractivity contribution in [3.8, 4) is 6.07 Å². The number of hydrogen-bond acceptors (Lipinski definition) is 5. The standard InChI is InChI=1S/C19H18N4O3/c20-13-16(14-21-12-6-9-15-7-2-1-3-8-15)19(24)22-17-10-4-5-11-18(17)23(25)26/h1-5,7-8,10-11,14,21H,6,9,12H2,(H,22,24)/b16-14-. The number of carbonyl (C=O) groups is 1. The van der Waals surface area contributed by atoms with Gasteiger partial charge in [0, 0.05) is 18.8 Å². The lowest BCUT2D eigenvalue weighted by Gasteiger charge is -2.06. The molecular formula is C19H18N4O3. The lowest BCUT2D eigenvalue weighted by Crippen LogP contribution is -2.18. The van der Waals surface area contributed by atoms with Crippen molar-refractivity contribution in [3.63, 3.8) is 0 Å². The Morgan fingerprint density at radius 2 is 1.85 bits per heavy atom. The second-order valence-corrected chi connectivity index (χ2v) is 5.44. The van der Waals surface area contributed by atoms with Gasteiger partial charge in [0.25, 0.3) is 11.6 Å². The Bertz CT molecular complexity index is 841. The van der Waals surface area contributed by atoms with Crippen LogP contribution in [-0.2, 0) is 11.2 Å². The average molecular weight is 350 g/mol. The molecule has 2 aromatic carbocycles. The molecule has 132 valence electrons. The van der Waals surface area contributed by atoms with Crippen molar-refractivity contribution in [2.45, 2.75) is 12.8 Å². The van der Waals surface area contributed by atoms with Crippen LogP contribution in [0.25, 0.3) is 0 Å². The SMILES string of the molecule is N#C/C(=C/NCCCc1ccccc1)C(=O)Nc1ccccc1[N+](=O)[O-]. The van der Waals surface area contributed by atoms with Crippen LogP contribution in [0.3, 0.4) is 0 Å². The minimum absolute atomic E-state index is 0.0488. The molecule has 0 aliphatic carbocycles. The Balaban J connectivity index is 1.89. The fourth-order valence-corrected chi connectivity index (χ4v) is 2.29. The molecule has 0 radical (unpaired) electrons. The third-order valence-corrected chi connectivity index (χ3v) is 3.59. The second-order valence-electron chi connectivity index (χ2n) is 5.44. The van der Waals surface area contributed by atoms with Gasteiger partial charge in [-0.15, -0.1) is 0 Å². The topological polar surface area (TPSA) is 108 Å². The van der Waals surface area contributed by atoms with E-state index in [1.807, 2.05) is 30.3 Å². The van der Waals surface area contributed by atoms with E-state index < -0.39 is 10.8 Å². The lowest BCUT2D eigenvalue weighted by molar-refractivity contribution is -0.383. The minimum Gasteiger partial charge on any atom is -0.390 e. The molecule has 2 rings (SSSR count). The number of nitro groups is 1. The first-order chi connectivity index (χ1) is 12.6. The summed E-state index contributed by atoms with van der Waals surface area (Å²) in [6.45, 7) is 0.596. The molecule has 7 nitrogen and oxygen atoms in total. The predicted octanol–water partition coefficient (Wildman–Crippen LogP) is 3.16. The molecule has 0 unspecified atom stereocenters. The highest BCUT2D eigenvalue weighted by atomic mass is 16.6. The average Bonchev–Trinajstić information content (AvgIpc) is 2.65. The predicted molar refractivity (Wildman–Crippen MR) is 98.2 cm³/mol. The summed E-state index contributed by atoms with van der Waals surface area (Å²) in [5.74, 6) is -0.697. The molecule has 0 aromatic heterocycles. The summed E-state index contributed by atoms with van der Waals surface area (Å²) < 4.78 is 0. The molecule has 26 heavy (non-hydrogen) atoms. The van der Waals surface area contributed by atoms with Crippen LogP contribution in [-0.4, -0.2) is 17.4 Å². The van der Waals surface area contributed by atoms with E-state index in [1.165, 1.54) is 30.0 Å². The van der Waals surface area contributed by atoms with Crippen molar-refractivity contribution in [2.75, 3.05) is 11.9 Å². The first-order valence-corrected chi connectivity index (χ1v) is 8.04. The number of amides is 1. The van der Waals surface area contributed by atoms with Crippen LogP contribution in [0, 0.1) is 21.4 Å². The van der Waals surface area contributed by atoms with E-state index in [9.17, 15) is 14.9 Å². The van der Waals surface area contributed by atoms with Crippen molar-refractivity contribution in [3.05, 3.63) is 82.0 Å². The van der Waals surface area contributed by atoms with Crippen LogP contribution in [0.15, 0.2) is 66.4 Å². The molecule has 0 bridgehead atoms. The highest BCUT2D eigenvalue weighted by molar-refractivity contribution is 6.07. The summed E-state index contributed by atoms with van der Waals surface area (Å²) in [6, 6.07) is 17.6. The van der Waals surface area contributed by atoms with E-state index in [0.717, 1.165) is 12.8 Å². The zero-order valence-electron chi connectivity index (χ0n) is 14.0. The van der Waals surface area contributed by atoms with Gasteiger partial charge in [-0.05, 0) is 24.5 Å². The summed E-state index contributed by atoms with van der Waals surface area (Å²) in [5.41, 5.74) is 0.887. The van der Waals surface area contributed by atoms with Crippen LogP contribution >= 0.6 is 0 Å². The zero-order valence-corrected chi connectivity index (χ0v) is 14.0. The maximum Gasteiger partial charge on any atom is 0.292 e. The van der Waals surface area contributed by atoms with Gasteiger partial charge in [0.05, 0.1) is 4.92 Å². The maximum absolute atomic E-state index is 12.1. The van der Waals surface area contributed by atoms with E-state index in [-0.39, 0.29) is 16.9 Å². The van der Waals surface area contributed by atoms with Crippen LogP contribution < -0.4 is 10.6 Å². The second kappa shape index (κ2) is 9.59. The van der Waals surface area contributed by atoms with Crippen molar-refractivity contribution in [2.24, 2.45) is 0 Å². The van der Waals surface area contributed by atoms with E-state index in [4.69, 9.17) is 5.26 Å². The van der Waals surface area contributed by atoms with Crippen LogP contribution in [0.4, 0.5) is 11.4 Å². The number of para-hydroxylation sites is 2. The normalized spacial score (nSPS) is 10.7. The molecule has 0 spiro atoms. The minimum atomic E-state index is -0.697. The Labute approximate surface area is 151 Å². The number of aryl methyl sites for hydroxylation is 1. The van der Waals surface area contributed by atoms with Crippen molar-refractivity contribution < 1.29 is 9.72 Å². The van der Waals surface area contributed by atoms with E-state index in [0.29, 0.717) is 6.54 Å². The van der Waals surface area contributed by atoms with Crippen LogP contribution in [0.1, 0.15) is 12.0 Å². The Morgan fingerprint density at radius 3 is 2.54 bits per heavy atom. The summed E-state index contributed by atoms with van der Waals surface area (Å²) in [7, 11) is 0. The molecule has 2 N–H and O–H groups in total. The quantitative estimate of drug-likeness (QED) is 0.250. The molecule has 0 aliphatic rings. The monoisotopic (exact) mass is 350 g/mol. The zero-order chi connectivity index (χ0) is 18.8. The summed E-state index contributed by atoms with van der Waals surface area (Å²) in [6.07, 6.45) is 3.05. The molecule has 7 heteroatoms. The molecule has 0 atom stereocenters. The third-order valence-electron chi connectivity index (χ3n) is 3.59. The van der Waals surface area contributed by atoms with E-state index in [2.05, 4.69) is 10.6 Å². The van der Waals surface area contributed by atoms with Gasteiger partial charge in [-0.25, -0.2) is 0 Å². The molecule has 0 saturated heterocycles. The smallest absolute Gasteiger partial charge is 0.292 e. The van der Waals surface area contributed by atoms with Gasteiger partial charge in [0.1, 0.15) is 17.3 Å². The van der Waals surface area contributed by atoms with Gasteiger partial charge < -0.3 is 10.6 Å². The molecular weight excluding hydrogens is 332 g/mol. The fraction of sp³-hybridized carbons (Fsp3) is 0.158. The van der Waals surface area contributed by atoms with Gasteiger partial charge in [0.15, 0.2) is 0 Å². The largest absolute Gasteiger partial charge is 0.390 e. The number of rotatable bonds is 8. The molecule has 0 heterocycles. The van der Waals surface area contributed by atoms with E-state index >= 15 is 0 Å². The van der Waals surface area contributed by atoms with Crippen molar-refractivity contribution in [1.82, 2.24) is 5.32 Å². The lowest BCUT2D eigenvalue weighted by atomic mass is 10.1. The summed E-state index contributed by atoms with van der Waals surface area (Å²) in [5, 5.41) is 25.4. The molecule has 2 aromatic rings. The number of nitrogens with one attached hydrogen (secondary N) is 2. The Morgan fingerprint density at radius 1 is 1.15 bits per heavy atom. The van der Waals surface area contributed by atoms with Crippen molar-refractivity contribution in [1.29, 1.82) is 5.26 Å². The first kappa shape index (κ1) is 18.7. The summed E-state index contributed by atoms with van der Waals surface area (Å²) in [4.78, 5) is 22.5. The van der Waals surface area contributed by atoms with Gasteiger partial charge in [-0.3, -0.25) is 14.9 Å². The number of nitrogens with zero attached hydrogens (tertiary/aromatic N) is 2. The highest BCUT2D eigenvalue weighted by Gasteiger charge is 2.16. The molecule has 1 amide bonds. The Kier molecular flexibility index (Phi) is 6.89.